The maximum Gasteiger partial charge on any atom is 0.275 e. The van der Waals surface area contributed by atoms with E-state index in [1.54, 1.807) is 11.8 Å². The summed E-state index contributed by atoms with van der Waals surface area (Å²) in [6.45, 7) is 2.11. The summed E-state index contributed by atoms with van der Waals surface area (Å²) >= 11 is 0. The van der Waals surface area contributed by atoms with Crippen LogP contribution in [0.3, 0.4) is 0 Å². The molecule has 0 N–H and O–H groups in total. The zero-order chi connectivity index (χ0) is 23.1. The van der Waals surface area contributed by atoms with Gasteiger partial charge in [0.25, 0.3) is 17.7 Å². The second kappa shape index (κ2) is 8.42. The number of hydrogen-bond acceptors (Lipinski definition) is 6. The fourth-order valence-corrected chi connectivity index (χ4v) is 4.68. The number of piperidine rings is 2. The first-order chi connectivity index (χ1) is 15.9. The van der Waals surface area contributed by atoms with Crippen LogP contribution in [0.5, 0.6) is 5.88 Å². The molecule has 2 saturated heterocycles. The van der Waals surface area contributed by atoms with Gasteiger partial charge in [0.1, 0.15) is 11.9 Å². The highest BCUT2D eigenvalue weighted by Crippen LogP contribution is 2.39. The van der Waals surface area contributed by atoms with Crippen molar-refractivity contribution in [1.82, 2.24) is 24.8 Å². The van der Waals surface area contributed by atoms with Crippen LogP contribution in [0, 0.1) is 30.4 Å². The van der Waals surface area contributed by atoms with Crippen LogP contribution < -0.4 is 4.74 Å². The number of ether oxygens (including phenoxy) is 1. The Labute approximate surface area is 187 Å². The Morgan fingerprint density at radius 1 is 1.09 bits per heavy atom. The molecule has 0 spiro atoms. The Morgan fingerprint density at radius 2 is 1.88 bits per heavy atom. The number of fused-ring (bicyclic) bond motifs is 3. The molecule has 2 aromatic heterocycles. The maximum atomic E-state index is 14.8. The second-order valence-electron chi connectivity index (χ2n) is 8.35. The highest BCUT2D eigenvalue weighted by Gasteiger charge is 2.45. The van der Waals surface area contributed by atoms with Gasteiger partial charge in [-0.05, 0) is 44.2 Å². The molecule has 3 aliphatic rings. The fourth-order valence-electron chi connectivity index (χ4n) is 4.68. The Bertz CT molecular complexity index is 1210. The number of carbonyl (C=O) groups excluding carboxylic acids is 1. The monoisotopic (exact) mass is 455 g/mol. The number of hydrogen-bond donors (Lipinski definition) is 0. The molecular formula is C23H20F3N5O2. The van der Waals surface area contributed by atoms with Gasteiger partial charge in [0.15, 0.2) is 11.6 Å². The lowest BCUT2D eigenvalue weighted by Gasteiger charge is -2.49. The molecule has 3 unspecified atom stereocenters. The normalized spacial score (nSPS) is 21.8. The van der Waals surface area contributed by atoms with Crippen LogP contribution in [0.25, 0.3) is 11.4 Å². The Morgan fingerprint density at radius 3 is 2.61 bits per heavy atom. The predicted molar refractivity (Wildman–Crippen MR) is 111 cm³/mol. The largest absolute Gasteiger partial charge is 0.469 e. The van der Waals surface area contributed by atoms with E-state index in [4.69, 9.17) is 4.74 Å². The molecule has 2 aliphatic heterocycles. The molecule has 1 aliphatic carbocycles. The van der Waals surface area contributed by atoms with Gasteiger partial charge in [-0.15, -0.1) is 0 Å². The van der Waals surface area contributed by atoms with E-state index in [1.165, 1.54) is 24.4 Å². The van der Waals surface area contributed by atoms with Gasteiger partial charge < -0.3 is 9.64 Å². The third-order valence-corrected chi connectivity index (χ3v) is 6.15. The van der Waals surface area contributed by atoms with Crippen molar-refractivity contribution in [2.45, 2.75) is 38.3 Å². The minimum absolute atomic E-state index is 0.0780. The zero-order valence-corrected chi connectivity index (χ0v) is 17.7. The van der Waals surface area contributed by atoms with E-state index in [2.05, 4.69) is 19.9 Å². The van der Waals surface area contributed by atoms with Crippen molar-refractivity contribution in [3.8, 4) is 17.3 Å². The quantitative estimate of drug-likeness (QED) is 0.596. The summed E-state index contributed by atoms with van der Waals surface area (Å²) in [4.78, 5) is 30.7. The average Bonchev–Trinajstić information content (AvgIpc) is 2.81. The van der Waals surface area contributed by atoms with Gasteiger partial charge in [-0.25, -0.2) is 28.7 Å². The lowest BCUT2D eigenvalue weighted by atomic mass is 9.77. The number of amides is 1. The second-order valence-corrected chi connectivity index (χ2v) is 8.35. The molecule has 3 atom stereocenters. The van der Waals surface area contributed by atoms with Crippen LogP contribution in [0.2, 0.25) is 0 Å². The molecule has 6 rings (SSSR count). The lowest BCUT2D eigenvalue weighted by molar-refractivity contribution is -0.0329. The predicted octanol–water partition coefficient (Wildman–Crippen LogP) is 3.73. The molecule has 0 radical (unpaired) electrons. The molecule has 33 heavy (non-hydrogen) atoms. The summed E-state index contributed by atoms with van der Waals surface area (Å²) in [6, 6.07) is 3.79. The van der Waals surface area contributed by atoms with Crippen molar-refractivity contribution < 1.29 is 22.7 Å². The molecule has 10 heteroatoms. The standard InChI is InChI=1S/C23H20F3N5O2/c1-12-8-29-22(20(26)30-12)33-18-7-13-5-6-17(18)31(11-13)23(32)15-3-2-4-16(25)19(15)21-27-9-14(24)10-28-21/h2-4,8-10,13,17-18H,5-7,11H2,1H3. The van der Waals surface area contributed by atoms with Gasteiger partial charge >= 0.3 is 0 Å². The fraction of sp³-hybridized carbons (Fsp3) is 0.348. The third-order valence-electron chi connectivity index (χ3n) is 6.15. The minimum atomic E-state index is -0.796. The number of halogens is 3. The minimum Gasteiger partial charge on any atom is -0.469 e. The highest BCUT2D eigenvalue weighted by atomic mass is 19.1. The van der Waals surface area contributed by atoms with Crippen molar-refractivity contribution in [3.05, 3.63) is 65.6 Å². The smallest absolute Gasteiger partial charge is 0.275 e. The maximum absolute atomic E-state index is 14.8. The first-order valence-electron chi connectivity index (χ1n) is 10.6. The first-order valence-corrected chi connectivity index (χ1v) is 10.6. The molecular weight excluding hydrogens is 435 g/mol. The number of aromatic nitrogens is 4. The number of benzene rings is 1. The molecule has 1 aromatic carbocycles. The molecule has 1 saturated carbocycles. The molecule has 4 heterocycles. The van der Waals surface area contributed by atoms with Gasteiger partial charge in [0.2, 0.25) is 0 Å². The number of nitrogens with zero attached hydrogens (tertiary/aromatic N) is 5. The van der Waals surface area contributed by atoms with Crippen molar-refractivity contribution in [3.63, 3.8) is 0 Å². The first kappa shape index (κ1) is 21.3. The third kappa shape index (κ3) is 4.01. The molecule has 3 fully saturated rings. The van der Waals surface area contributed by atoms with Crippen molar-refractivity contribution in [2.75, 3.05) is 6.54 Å². The van der Waals surface area contributed by atoms with Crippen LogP contribution in [-0.4, -0.2) is 49.4 Å². The van der Waals surface area contributed by atoms with Crippen LogP contribution in [0.4, 0.5) is 13.2 Å². The Balaban J connectivity index is 1.46. The number of aryl methyl sites for hydroxylation is 1. The molecule has 2 bridgehead atoms. The van der Waals surface area contributed by atoms with E-state index >= 15 is 0 Å². The van der Waals surface area contributed by atoms with E-state index < -0.39 is 29.6 Å². The summed E-state index contributed by atoms with van der Waals surface area (Å²) in [6.07, 6.45) is 5.03. The summed E-state index contributed by atoms with van der Waals surface area (Å²) in [7, 11) is 0. The number of rotatable bonds is 4. The summed E-state index contributed by atoms with van der Waals surface area (Å²) in [5.74, 6) is -2.67. The molecule has 3 aromatic rings. The van der Waals surface area contributed by atoms with Crippen LogP contribution in [0.1, 0.15) is 35.3 Å². The van der Waals surface area contributed by atoms with Crippen molar-refractivity contribution in [1.29, 1.82) is 0 Å². The summed E-state index contributed by atoms with van der Waals surface area (Å²) in [5.41, 5.74) is 0.426. The molecule has 170 valence electrons. The average molecular weight is 455 g/mol. The van der Waals surface area contributed by atoms with Gasteiger partial charge in [-0.1, -0.05) is 6.07 Å². The van der Waals surface area contributed by atoms with E-state index in [1.807, 2.05) is 0 Å². The van der Waals surface area contributed by atoms with Gasteiger partial charge in [-0.2, -0.15) is 4.39 Å². The zero-order valence-electron chi connectivity index (χ0n) is 17.7. The lowest BCUT2D eigenvalue weighted by Crippen LogP contribution is -2.59. The van der Waals surface area contributed by atoms with Crippen molar-refractivity contribution >= 4 is 5.91 Å². The molecule has 7 nitrogen and oxygen atoms in total. The number of carbonyl (C=O) groups is 1. The van der Waals surface area contributed by atoms with Crippen LogP contribution >= 0.6 is 0 Å². The highest BCUT2D eigenvalue weighted by molar-refractivity contribution is 6.00. The van der Waals surface area contributed by atoms with Gasteiger partial charge in [0, 0.05) is 6.54 Å². The van der Waals surface area contributed by atoms with Gasteiger partial charge in [-0.3, -0.25) is 4.79 Å². The molecule has 1 amide bonds. The topological polar surface area (TPSA) is 81.1 Å². The Kier molecular flexibility index (Phi) is 5.43. The Hall–Kier alpha value is -3.56. The van der Waals surface area contributed by atoms with Crippen molar-refractivity contribution in [2.24, 2.45) is 5.92 Å². The van der Waals surface area contributed by atoms with E-state index in [0.29, 0.717) is 25.1 Å². The van der Waals surface area contributed by atoms with Crippen LogP contribution in [0.15, 0.2) is 36.8 Å². The summed E-state index contributed by atoms with van der Waals surface area (Å²) < 4.78 is 48.1. The van der Waals surface area contributed by atoms with E-state index in [0.717, 1.165) is 18.8 Å². The van der Waals surface area contributed by atoms with Crippen LogP contribution in [-0.2, 0) is 0 Å². The van der Waals surface area contributed by atoms with Gasteiger partial charge in [0.05, 0.1) is 41.5 Å². The SMILES string of the molecule is Cc1cnc(OC2CC3CCC2N(C(=O)c2cccc(F)c2-c2ncc(F)cn2)C3)c(F)n1. The summed E-state index contributed by atoms with van der Waals surface area (Å²) in [5, 5.41) is 0. The van der Waals surface area contributed by atoms with E-state index in [-0.39, 0.29) is 34.8 Å². The van der Waals surface area contributed by atoms with E-state index in [9.17, 15) is 18.0 Å².